The van der Waals surface area contributed by atoms with Gasteiger partial charge in [-0.3, -0.25) is 0 Å². The topological polar surface area (TPSA) is 26.9 Å². The highest BCUT2D eigenvalue weighted by molar-refractivity contribution is 5.55. The molecule has 2 nitrogen and oxygen atoms in total. The standard InChI is InChI=1S/C18H19NO/c20-19-17(14-5-2-1-3-6-14)7-4-8-18(19)16-12-13-9-10-15(16)11-13/h1-8,13,15-16H,9-12H2/t13-,15+,16+/m1/s1. The molecule has 3 atom stereocenters. The van der Waals surface area contributed by atoms with Crippen LogP contribution >= 0.6 is 0 Å². The van der Waals surface area contributed by atoms with Gasteiger partial charge in [-0.25, -0.2) is 0 Å². The molecule has 2 aromatic rings. The Balaban J connectivity index is 1.75. The van der Waals surface area contributed by atoms with E-state index in [1.807, 2.05) is 48.5 Å². The van der Waals surface area contributed by atoms with Crippen LogP contribution in [-0.2, 0) is 0 Å². The molecule has 1 aromatic heterocycles. The van der Waals surface area contributed by atoms with Gasteiger partial charge in [0.2, 0.25) is 5.69 Å². The largest absolute Gasteiger partial charge is 0.618 e. The molecule has 0 spiro atoms. The maximum absolute atomic E-state index is 12.7. The van der Waals surface area contributed by atoms with E-state index in [9.17, 15) is 5.21 Å². The Labute approximate surface area is 119 Å². The summed E-state index contributed by atoms with van der Waals surface area (Å²) < 4.78 is 1.18. The summed E-state index contributed by atoms with van der Waals surface area (Å²) in [6, 6.07) is 16.0. The number of benzene rings is 1. The lowest BCUT2D eigenvalue weighted by molar-refractivity contribution is -0.604. The normalized spacial score (nSPS) is 27.9. The lowest BCUT2D eigenvalue weighted by Crippen LogP contribution is -2.37. The second kappa shape index (κ2) is 4.62. The van der Waals surface area contributed by atoms with Crippen molar-refractivity contribution in [1.82, 2.24) is 0 Å². The zero-order chi connectivity index (χ0) is 13.5. The van der Waals surface area contributed by atoms with Crippen LogP contribution in [-0.4, -0.2) is 0 Å². The molecule has 2 aliphatic carbocycles. The van der Waals surface area contributed by atoms with E-state index in [4.69, 9.17) is 0 Å². The molecule has 4 rings (SSSR count). The van der Waals surface area contributed by atoms with Crippen molar-refractivity contribution in [2.75, 3.05) is 0 Å². The summed E-state index contributed by atoms with van der Waals surface area (Å²) in [7, 11) is 0. The summed E-state index contributed by atoms with van der Waals surface area (Å²) in [4.78, 5) is 0. The lowest BCUT2D eigenvalue weighted by Gasteiger charge is -2.21. The van der Waals surface area contributed by atoms with Gasteiger partial charge in [0.05, 0.1) is 0 Å². The maximum atomic E-state index is 12.7. The van der Waals surface area contributed by atoms with Gasteiger partial charge in [-0.2, -0.15) is 4.73 Å². The quantitative estimate of drug-likeness (QED) is 0.598. The van der Waals surface area contributed by atoms with Gasteiger partial charge in [-0.05, 0) is 49.3 Å². The molecule has 0 unspecified atom stereocenters. The maximum Gasteiger partial charge on any atom is 0.223 e. The molecular formula is C18H19NO. The van der Waals surface area contributed by atoms with E-state index in [-0.39, 0.29) is 0 Å². The zero-order valence-corrected chi connectivity index (χ0v) is 11.5. The summed E-state index contributed by atoms with van der Waals surface area (Å²) in [6.07, 6.45) is 5.23. The Morgan fingerprint density at radius 1 is 0.900 bits per heavy atom. The monoisotopic (exact) mass is 265 g/mol. The highest BCUT2D eigenvalue weighted by Crippen LogP contribution is 2.52. The van der Waals surface area contributed by atoms with Gasteiger partial charge >= 0.3 is 0 Å². The van der Waals surface area contributed by atoms with Gasteiger partial charge in [0.1, 0.15) is 0 Å². The van der Waals surface area contributed by atoms with Crippen LogP contribution in [0, 0.1) is 17.0 Å². The van der Waals surface area contributed by atoms with E-state index in [1.54, 1.807) is 0 Å². The lowest BCUT2D eigenvalue weighted by atomic mass is 9.86. The van der Waals surface area contributed by atoms with Crippen molar-refractivity contribution in [3.63, 3.8) is 0 Å². The fourth-order valence-corrected chi connectivity index (χ4v) is 4.22. The first-order valence-corrected chi connectivity index (χ1v) is 7.61. The average molecular weight is 265 g/mol. The molecule has 1 heterocycles. The van der Waals surface area contributed by atoms with Gasteiger partial charge in [0.25, 0.3) is 0 Å². The molecule has 20 heavy (non-hydrogen) atoms. The van der Waals surface area contributed by atoms with Crippen LogP contribution in [0.2, 0.25) is 0 Å². The van der Waals surface area contributed by atoms with E-state index < -0.39 is 0 Å². The van der Waals surface area contributed by atoms with Gasteiger partial charge in [-0.1, -0.05) is 24.6 Å². The molecule has 0 aliphatic heterocycles. The number of rotatable bonds is 2. The van der Waals surface area contributed by atoms with Gasteiger partial charge in [0.15, 0.2) is 5.69 Å². The molecule has 2 aliphatic rings. The van der Waals surface area contributed by atoms with Crippen LogP contribution < -0.4 is 4.73 Å². The minimum absolute atomic E-state index is 0.481. The number of hydrogen-bond acceptors (Lipinski definition) is 1. The summed E-state index contributed by atoms with van der Waals surface area (Å²) >= 11 is 0. The highest BCUT2D eigenvalue weighted by Gasteiger charge is 2.43. The molecule has 0 amide bonds. The van der Waals surface area contributed by atoms with Crippen molar-refractivity contribution in [1.29, 1.82) is 0 Å². The second-order valence-electron chi connectivity index (χ2n) is 6.28. The predicted octanol–water partition coefficient (Wildman–Crippen LogP) is 3.89. The van der Waals surface area contributed by atoms with Crippen molar-refractivity contribution in [2.45, 2.75) is 31.6 Å². The van der Waals surface area contributed by atoms with Crippen LogP contribution in [0.3, 0.4) is 0 Å². The van der Waals surface area contributed by atoms with E-state index in [2.05, 4.69) is 0 Å². The minimum atomic E-state index is 0.481. The Bertz CT molecular complexity index is 623. The third-order valence-electron chi connectivity index (χ3n) is 5.16. The fourth-order valence-electron chi connectivity index (χ4n) is 4.22. The van der Waals surface area contributed by atoms with Crippen LogP contribution in [0.25, 0.3) is 11.3 Å². The Kier molecular flexibility index (Phi) is 2.76. The highest BCUT2D eigenvalue weighted by atomic mass is 16.5. The first kappa shape index (κ1) is 12.0. The SMILES string of the molecule is [O-][n+]1c(-c2ccccc2)cccc1[C@H]1C[C@@H]2CC[C@H]1C2. The van der Waals surface area contributed by atoms with E-state index >= 15 is 0 Å². The number of aromatic nitrogens is 1. The Morgan fingerprint density at radius 3 is 2.45 bits per heavy atom. The average Bonchev–Trinajstić information content (AvgIpc) is 3.11. The van der Waals surface area contributed by atoms with Crippen LogP contribution in [0.15, 0.2) is 48.5 Å². The molecule has 2 heteroatoms. The van der Waals surface area contributed by atoms with Crippen molar-refractivity contribution in [3.8, 4) is 11.3 Å². The Morgan fingerprint density at radius 2 is 1.75 bits per heavy atom. The van der Waals surface area contributed by atoms with Gasteiger partial charge < -0.3 is 5.21 Å². The third kappa shape index (κ3) is 1.82. The molecule has 1 aromatic carbocycles. The number of fused-ring (bicyclic) bond motifs is 2. The molecule has 2 bridgehead atoms. The van der Waals surface area contributed by atoms with Crippen LogP contribution in [0.4, 0.5) is 0 Å². The van der Waals surface area contributed by atoms with E-state index in [0.29, 0.717) is 5.92 Å². The molecule has 102 valence electrons. The van der Waals surface area contributed by atoms with E-state index in [1.165, 1.54) is 30.4 Å². The number of nitrogens with zero attached hydrogens (tertiary/aromatic N) is 1. The predicted molar refractivity (Wildman–Crippen MR) is 79.0 cm³/mol. The summed E-state index contributed by atoms with van der Waals surface area (Å²) in [5.74, 6) is 2.09. The molecule has 0 N–H and O–H groups in total. The summed E-state index contributed by atoms with van der Waals surface area (Å²) in [6.45, 7) is 0. The number of pyridine rings is 1. The first-order chi connectivity index (χ1) is 9.83. The molecule has 0 radical (unpaired) electrons. The summed E-state index contributed by atoms with van der Waals surface area (Å²) in [5.41, 5.74) is 2.77. The zero-order valence-electron chi connectivity index (χ0n) is 11.5. The molecule has 2 fully saturated rings. The molecular weight excluding hydrogens is 246 g/mol. The van der Waals surface area contributed by atoms with E-state index in [0.717, 1.165) is 28.8 Å². The van der Waals surface area contributed by atoms with Crippen molar-refractivity contribution >= 4 is 0 Å². The first-order valence-electron chi connectivity index (χ1n) is 7.61. The Hall–Kier alpha value is -1.83. The summed E-state index contributed by atoms with van der Waals surface area (Å²) in [5, 5.41) is 12.7. The van der Waals surface area contributed by atoms with Crippen molar-refractivity contribution in [3.05, 3.63) is 59.4 Å². The van der Waals surface area contributed by atoms with Crippen LogP contribution in [0.5, 0.6) is 0 Å². The van der Waals surface area contributed by atoms with Gasteiger partial charge in [-0.15, -0.1) is 0 Å². The molecule has 0 saturated heterocycles. The number of hydrogen-bond donors (Lipinski definition) is 0. The van der Waals surface area contributed by atoms with Gasteiger partial charge in [0, 0.05) is 23.6 Å². The smallest absolute Gasteiger partial charge is 0.223 e. The minimum Gasteiger partial charge on any atom is -0.618 e. The second-order valence-corrected chi connectivity index (χ2v) is 6.28. The fraction of sp³-hybridized carbons (Fsp3) is 0.389. The van der Waals surface area contributed by atoms with Crippen molar-refractivity contribution in [2.24, 2.45) is 11.8 Å². The van der Waals surface area contributed by atoms with Crippen LogP contribution in [0.1, 0.15) is 37.3 Å². The third-order valence-corrected chi connectivity index (χ3v) is 5.16. The molecule has 2 saturated carbocycles. The van der Waals surface area contributed by atoms with Crippen molar-refractivity contribution < 1.29 is 4.73 Å².